The van der Waals surface area contributed by atoms with Gasteiger partial charge in [-0.2, -0.15) is 4.31 Å². The number of benzene rings is 1. The lowest BCUT2D eigenvalue weighted by molar-refractivity contribution is 0.214. The minimum Gasteiger partial charge on any atom is -0.395 e. The van der Waals surface area contributed by atoms with Gasteiger partial charge in [0.05, 0.1) is 18.1 Å². The van der Waals surface area contributed by atoms with Gasteiger partial charge in [-0.1, -0.05) is 11.8 Å². The average Bonchev–Trinajstić information content (AvgIpc) is 2.45. The van der Waals surface area contributed by atoms with Crippen molar-refractivity contribution < 1.29 is 23.0 Å². The predicted molar refractivity (Wildman–Crippen MR) is 76.5 cm³/mol. The van der Waals surface area contributed by atoms with Gasteiger partial charge in [0.2, 0.25) is 10.0 Å². The van der Waals surface area contributed by atoms with E-state index in [2.05, 4.69) is 11.8 Å². The van der Waals surface area contributed by atoms with Gasteiger partial charge in [-0.05, 0) is 25.1 Å². The van der Waals surface area contributed by atoms with Crippen molar-refractivity contribution in [3.05, 3.63) is 29.6 Å². The Kier molecular flexibility index (Phi) is 6.30. The molecule has 1 aromatic rings. The van der Waals surface area contributed by atoms with Gasteiger partial charge in [-0.15, -0.1) is 0 Å². The van der Waals surface area contributed by atoms with Crippen molar-refractivity contribution in [2.75, 3.05) is 20.3 Å². The van der Waals surface area contributed by atoms with E-state index in [9.17, 15) is 12.8 Å². The van der Waals surface area contributed by atoms with Crippen LogP contribution in [0.1, 0.15) is 18.9 Å². The van der Waals surface area contributed by atoms with Crippen molar-refractivity contribution in [2.24, 2.45) is 0 Å². The molecule has 1 rings (SSSR count). The summed E-state index contributed by atoms with van der Waals surface area (Å²) in [6.45, 7) is 1.06. The topological polar surface area (TPSA) is 77.8 Å². The first kappa shape index (κ1) is 17.6. The summed E-state index contributed by atoms with van der Waals surface area (Å²) in [5.41, 5.74) is 0.0282. The molecule has 0 aliphatic rings. The molecule has 0 aliphatic carbocycles. The Hall–Kier alpha value is -1.46. The van der Waals surface area contributed by atoms with Gasteiger partial charge in [-0.25, -0.2) is 12.8 Å². The summed E-state index contributed by atoms with van der Waals surface area (Å²) in [6, 6.07) is 2.61. The van der Waals surface area contributed by atoms with E-state index >= 15 is 0 Å². The van der Waals surface area contributed by atoms with E-state index in [0.29, 0.717) is 0 Å². The summed E-state index contributed by atoms with van der Waals surface area (Å²) in [4.78, 5) is -0.128. The summed E-state index contributed by atoms with van der Waals surface area (Å²) >= 11 is 0. The Morgan fingerprint density at radius 1 is 1.38 bits per heavy atom. The second-order valence-electron chi connectivity index (χ2n) is 4.47. The molecule has 0 saturated heterocycles. The molecule has 1 unspecified atom stereocenters. The summed E-state index contributed by atoms with van der Waals surface area (Å²) < 4.78 is 39.3. The van der Waals surface area contributed by atoms with Crippen LogP contribution < -0.4 is 0 Å². The van der Waals surface area contributed by atoms with Crippen LogP contribution >= 0.6 is 0 Å². The highest BCUT2D eigenvalue weighted by Crippen LogP contribution is 2.21. The second kappa shape index (κ2) is 7.52. The Morgan fingerprint density at radius 2 is 2.05 bits per heavy atom. The average molecular weight is 315 g/mol. The van der Waals surface area contributed by atoms with Crippen LogP contribution in [0.4, 0.5) is 4.39 Å². The van der Waals surface area contributed by atoms with Crippen molar-refractivity contribution >= 4 is 10.0 Å². The molecule has 0 bridgehead atoms. The molecule has 0 fully saturated rings. The number of aliphatic hydroxyl groups excluding tert-OH is 2. The lowest BCUT2D eigenvalue weighted by Crippen LogP contribution is -2.37. The van der Waals surface area contributed by atoms with Gasteiger partial charge < -0.3 is 10.2 Å². The molecule has 0 aliphatic heterocycles. The van der Waals surface area contributed by atoms with Gasteiger partial charge >= 0.3 is 0 Å². The molecule has 0 amide bonds. The highest BCUT2D eigenvalue weighted by Gasteiger charge is 2.27. The number of sulfonamides is 1. The fourth-order valence-electron chi connectivity index (χ4n) is 1.55. The normalized spacial score (nSPS) is 12.9. The third kappa shape index (κ3) is 4.25. The second-order valence-corrected chi connectivity index (χ2v) is 6.43. The zero-order valence-electron chi connectivity index (χ0n) is 11.9. The molecule has 21 heavy (non-hydrogen) atoms. The number of hydrogen-bond acceptors (Lipinski definition) is 4. The fourth-order valence-corrected chi connectivity index (χ4v) is 3.02. The van der Waals surface area contributed by atoms with Crippen LogP contribution in [0.25, 0.3) is 0 Å². The molecule has 7 heteroatoms. The van der Waals surface area contributed by atoms with Crippen molar-refractivity contribution in [3.8, 4) is 11.8 Å². The van der Waals surface area contributed by atoms with Gasteiger partial charge in [0.25, 0.3) is 0 Å². The van der Waals surface area contributed by atoms with Crippen LogP contribution in [-0.2, 0) is 10.0 Å². The predicted octanol–water partition coefficient (Wildman–Crippen LogP) is 0.561. The zero-order chi connectivity index (χ0) is 16.0. The van der Waals surface area contributed by atoms with Crippen LogP contribution in [0.3, 0.4) is 0 Å². The quantitative estimate of drug-likeness (QED) is 0.779. The van der Waals surface area contributed by atoms with E-state index < -0.39 is 21.9 Å². The maximum absolute atomic E-state index is 13.3. The van der Waals surface area contributed by atoms with E-state index in [4.69, 9.17) is 10.2 Å². The van der Waals surface area contributed by atoms with Gasteiger partial charge in [-0.3, -0.25) is 0 Å². The van der Waals surface area contributed by atoms with E-state index in [-0.39, 0.29) is 30.1 Å². The number of hydrogen-bond donors (Lipinski definition) is 2. The van der Waals surface area contributed by atoms with Gasteiger partial charge in [0.1, 0.15) is 5.82 Å². The van der Waals surface area contributed by atoms with Crippen molar-refractivity contribution in [1.29, 1.82) is 0 Å². The van der Waals surface area contributed by atoms with Gasteiger partial charge in [0.15, 0.2) is 0 Å². The SMILES string of the molecule is CC(CO)N(C)S(=O)(=O)c1ccc(F)cc1C#CCCO. The van der Waals surface area contributed by atoms with Crippen molar-refractivity contribution in [2.45, 2.75) is 24.3 Å². The molecule has 0 radical (unpaired) electrons. The first-order valence-electron chi connectivity index (χ1n) is 6.32. The lowest BCUT2D eigenvalue weighted by Gasteiger charge is -2.23. The molecule has 116 valence electrons. The fraction of sp³-hybridized carbons (Fsp3) is 0.429. The van der Waals surface area contributed by atoms with E-state index in [0.717, 1.165) is 22.5 Å². The highest BCUT2D eigenvalue weighted by atomic mass is 32.2. The minimum absolute atomic E-state index is 0.0282. The largest absolute Gasteiger partial charge is 0.395 e. The zero-order valence-corrected chi connectivity index (χ0v) is 12.7. The van der Waals surface area contributed by atoms with E-state index in [1.165, 1.54) is 7.05 Å². The van der Waals surface area contributed by atoms with Crippen LogP contribution in [0.15, 0.2) is 23.1 Å². The first-order valence-corrected chi connectivity index (χ1v) is 7.76. The number of likely N-dealkylation sites (N-methyl/N-ethyl adjacent to an activating group) is 1. The molecule has 1 aromatic carbocycles. The lowest BCUT2D eigenvalue weighted by atomic mass is 10.2. The third-order valence-electron chi connectivity index (χ3n) is 2.94. The first-order chi connectivity index (χ1) is 9.84. The standard InChI is InChI=1S/C14H18FNO4S/c1-11(10-18)16(2)21(19,20)14-7-6-13(15)9-12(14)5-3-4-8-17/h6-7,9,11,17-18H,4,8,10H2,1-2H3. The molecule has 0 heterocycles. The Bertz CT molecular complexity index is 649. The molecule has 0 saturated carbocycles. The summed E-state index contributed by atoms with van der Waals surface area (Å²) in [7, 11) is -2.56. The molecule has 0 spiro atoms. The van der Waals surface area contributed by atoms with Gasteiger partial charge in [0, 0.05) is 25.1 Å². The van der Waals surface area contributed by atoms with E-state index in [1.54, 1.807) is 6.92 Å². The van der Waals surface area contributed by atoms with Crippen LogP contribution in [-0.4, -0.2) is 49.2 Å². The highest BCUT2D eigenvalue weighted by molar-refractivity contribution is 7.89. The molecule has 0 aromatic heterocycles. The van der Waals surface area contributed by atoms with Crippen LogP contribution in [0.5, 0.6) is 0 Å². The maximum atomic E-state index is 13.3. The molecular formula is C14H18FNO4S. The number of nitrogens with zero attached hydrogens (tertiary/aromatic N) is 1. The number of halogens is 1. The summed E-state index contributed by atoms with van der Waals surface area (Å²) in [5, 5.41) is 17.8. The Balaban J connectivity index is 3.33. The Labute approximate surface area is 124 Å². The Morgan fingerprint density at radius 3 is 2.62 bits per heavy atom. The minimum atomic E-state index is -3.89. The number of rotatable bonds is 5. The monoisotopic (exact) mass is 315 g/mol. The van der Waals surface area contributed by atoms with Crippen LogP contribution in [0.2, 0.25) is 0 Å². The molecule has 1 atom stereocenters. The maximum Gasteiger partial charge on any atom is 0.244 e. The van der Waals surface area contributed by atoms with Crippen molar-refractivity contribution in [3.63, 3.8) is 0 Å². The van der Waals surface area contributed by atoms with Crippen LogP contribution in [0, 0.1) is 17.7 Å². The molecular weight excluding hydrogens is 297 g/mol. The van der Waals surface area contributed by atoms with Crippen molar-refractivity contribution in [1.82, 2.24) is 4.31 Å². The molecule has 5 nitrogen and oxygen atoms in total. The molecule has 2 N–H and O–H groups in total. The van der Waals surface area contributed by atoms with E-state index in [1.807, 2.05) is 0 Å². The third-order valence-corrected chi connectivity index (χ3v) is 4.97. The smallest absolute Gasteiger partial charge is 0.244 e. The number of aliphatic hydroxyl groups is 2. The summed E-state index contributed by atoms with van der Waals surface area (Å²) in [6.07, 6.45) is 0.166. The summed E-state index contributed by atoms with van der Waals surface area (Å²) in [5.74, 6) is 4.53.